The van der Waals surface area contributed by atoms with Crippen molar-refractivity contribution in [3.05, 3.63) is 29.6 Å². The molecule has 21 heavy (non-hydrogen) atoms. The summed E-state index contributed by atoms with van der Waals surface area (Å²) in [6.07, 6.45) is 2.63. The van der Waals surface area contributed by atoms with Crippen LogP contribution in [0.15, 0.2) is 18.2 Å². The van der Waals surface area contributed by atoms with Crippen molar-refractivity contribution < 1.29 is 18.7 Å². The lowest BCUT2D eigenvalue weighted by Gasteiger charge is -2.37. The highest BCUT2D eigenvalue weighted by Crippen LogP contribution is 2.25. The summed E-state index contributed by atoms with van der Waals surface area (Å²) in [5.41, 5.74) is 0.826. The summed E-state index contributed by atoms with van der Waals surface area (Å²) in [4.78, 5) is 25.3. The van der Waals surface area contributed by atoms with Crippen LogP contribution in [0.5, 0.6) is 0 Å². The minimum Gasteiger partial charge on any atom is -0.377 e. The molecule has 6 heteroatoms. The molecule has 0 spiro atoms. The van der Waals surface area contributed by atoms with Crippen LogP contribution < -0.4 is 10.2 Å². The first-order valence-electron chi connectivity index (χ1n) is 7.08. The number of nitrogens with zero attached hydrogens (tertiary/aromatic N) is 1. The summed E-state index contributed by atoms with van der Waals surface area (Å²) in [6.45, 7) is 1.24. The molecule has 1 aromatic rings. The molecule has 1 unspecified atom stereocenters. The van der Waals surface area contributed by atoms with E-state index >= 15 is 0 Å². The second kappa shape index (κ2) is 5.81. The van der Waals surface area contributed by atoms with Gasteiger partial charge in [-0.25, -0.2) is 4.39 Å². The van der Waals surface area contributed by atoms with Crippen LogP contribution in [-0.4, -0.2) is 44.0 Å². The summed E-state index contributed by atoms with van der Waals surface area (Å²) in [6, 6.07) is 3.81. The molecule has 5 nitrogen and oxygen atoms in total. The number of anilines is 1. The number of aldehydes is 1. The number of hydrogen-bond donors (Lipinski definition) is 1. The predicted octanol–water partition coefficient (Wildman–Crippen LogP) is 1.12. The topological polar surface area (TPSA) is 58.6 Å². The first-order valence-corrected chi connectivity index (χ1v) is 7.08. The Balaban J connectivity index is 1.86. The van der Waals surface area contributed by atoms with E-state index in [1.807, 2.05) is 4.90 Å². The van der Waals surface area contributed by atoms with Crippen molar-refractivity contribution >= 4 is 17.9 Å². The van der Waals surface area contributed by atoms with E-state index in [0.29, 0.717) is 25.1 Å². The van der Waals surface area contributed by atoms with E-state index in [9.17, 15) is 14.0 Å². The fourth-order valence-corrected chi connectivity index (χ4v) is 2.52. The normalized spacial score (nSPS) is 22.0. The minimum absolute atomic E-state index is 0.0987. The Kier molecular flexibility index (Phi) is 3.88. The highest BCUT2D eigenvalue weighted by Gasteiger charge is 2.34. The number of rotatable bonds is 4. The molecule has 1 aliphatic heterocycles. The molecule has 1 amide bonds. The Morgan fingerprint density at radius 1 is 1.43 bits per heavy atom. The van der Waals surface area contributed by atoms with E-state index in [1.165, 1.54) is 12.1 Å². The van der Waals surface area contributed by atoms with Crippen molar-refractivity contribution in [2.45, 2.75) is 24.9 Å². The van der Waals surface area contributed by atoms with E-state index in [0.717, 1.165) is 12.8 Å². The molecular formula is C15H17FN2O3. The van der Waals surface area contributed by atoms with Crippen LogP contribution in [0.3, 0.4) is 0 Å². The Hall–Kier alpha value is -1.95. The molecule has 1 saturated heterocycles. The van der Waals surface area contributed by atoms with Gasteiger partial charge < -0.3 is 15.0 Å². The van der Waals surface area contributed by atoms with E-state index in [1.54, 1.807) is 6.07 Å². The molecule has 2 aliphatic rings. The van der Waals surface area contributed by atoms with E-state index in [2.05, 4.69) is 5.32 Å². The zero-order valence-corrected chi connectivity index (χ0v) is 11.5. The fourth-order valence-electron chi connectivity index (χ4n) is 2.52. The lowest BCUT2D eigenvalue weighted by Crippen LogP contribution is -2.54. The van der Waals surface area contributed by atoms with Crippen molar-refractivity contribution in [1.29, 1.82) is 0 Å². The minimum atomic E-state index is -0.483. The first kappa shape index (κ1) is 14.0. The van der Waals surface area contributed by atoms with Gasteiger partial charge in [-0.3, -0.25) is 9.59 Å². The van der Waals surface area contributed by atoms with Gasteiger partial charge in [0.1, 0.15) is 11.9 Å². The molecule has 2 fully saturated rings. The fraction of sp³-hybridized carbons (Fsp3) is 0.467. The quantitative estimate of drug-likeness (QED) is 0.845. The number of benzene rings is 1. The van der Waals surface area contributed by atoms with E-state index < -0.39 is 11.9 Å². The molecule has 1 N–H and O–H groups in total. The standard InChI is InChI=1S/C15H17FN2O3/c16-11-1-4-13(10(7-11)8-19)18-5-6-21-9-14(18)15(20)17-12-2-3-12/h1,4,7-8,12,14H,2-3,5-6,9H2,(H,17,20). The van der Waals surface area contributed by atoms with Gasteiger partial charge >= 0.3 is 0 Å². The van der Waals surface area contributed by atoms with Gasteiger partial charge in [-0.15, -0.1) is 0 Å². The smallest absolute Gasteiger partial charge is 0.245 e. The molecule has 1 aromatic carbocycles. The third-order valence-electron chi connectivity index (χ3n) is 3.78. The van der Waals surface area contributed by atoms with Gasteiger partial charge in [0.2, 0.25) is 5.91 Å². The zero-order chi connectivity index (χ0) is 14.8. The predicted molar refractivity (Wildman–Crippen MR) is 74.9 cm³/mol. The first-order chi connectivity index (χ1) is 10.2. The maximum atomic E-state index is 13.3. The van der Waals surface area contributed by atoms with Crippen LogP contribution in [0.25, 0.3) is 0 Å². The average molecular weight is 292 g/mol. The van der Waals surface area contributed by atoms with Gasteiger partial charge in [-0.05, 0) is 31.0 Å². The van der Waals surface area contributed by atoms with Gasteiger partial charge in [0, 0.05) is 23.8 Å². The number of nitrogens with one attached hydrogen (secondary N) is 1. The van der Waals surface area contributed by atoms with Crippen LogP contribution in [0.2, 0.25) is 0 Å². The number of carbonyl (C=O) groups is 2. The third kappa shape index (κ3) is 3.05. The number of hydrogen-bond acceptors (Lipinski definition) is 4. The highest BCUT2D eigenvalue weighted by molar-refractivity contribution is 5.90. The van der Waals surface area contributed by atoms with Crippen molar-refractivity contribution in [3.8, 4) is 0 Å². The zero-order valence-electron chi connectivity index (χ0n) is 11.5. The van der Waals surface area contributed by atoms with Gasteiger partial charge in [-0.2, -0.15) is 0 Å². The summed E-state index contributed by atoms with van der Waals surface area (Å²) in [5, 5.41) is 2.95. The van der Waals surface area contributed by atoms with Crippen molar-refractivity contribution in [2.75, 3.05) is 24.7 Å². The molecule has 1 saturated carbocycles. The van der Waals surface area contributed by atoms with E-state index in [-0.39, 0.29) is 24.1 Å². The van der Waals surface area contributed by atoms with Crippen molar-refractivity contribution in [3.63, 3.8) is 0 Å². The van der Waals surface area contributed by atoms with Gasteiger partial charge in [-0.1, -0.05) is 0 Å². The summed E-state index contributed by atoms with van der Waals surface area (Å²) < 4.78 is 18.6. The van der Waals surface area contributed by atoms with Gasteiger partial charge in [0.05, 0.1) is 13.2 Å². The molecule has 3 rings (SSSR count). The Morgan fingerprint density at radius 2 is 2.24 bits per heavy atom. The third-order valence-corrected chi connectivity index (χ3v) is 3.78. The number of morpholine rings is 1. The Bertz CT molecular complexity index is 560. The Labute approximate surface area is 122 Å². The van der Waals surface area contributed by atoms with Gasteiger partial charge in [0.25, 0.3) is 0 Å². The van der Waals surface area contributed by atoms with Crippen molar-refractivity contribution in [1.82, 2.24) is 5.32 Å². The lowest BCUT2D eigenvalue weighted by atomic mass is 10.1. The van der Waals surface area contributed by atoms with Crippen LogP contribution >= 0.6 is 0 Å². The SMILES string of the molecule is O=Cc1cc(F)ccc1N1CCOCC1C(=O)NC1CC1. The van der Waals surface area contributed by atoms with Crippen LogP contribution in [0.1, 0.15) is 23.2 Å². The van der Waals surface area contributed by atoms with Crippen LogP contribution in [-0.2, 0) is 9.53 Å². The molecule has 0 radical (unpaired) electrons. The molecule has 0 bridgehead atoms. The molecular weight excluding hydrogens is 275 g/mol. The van der Waals surface area contributed by atoms with Crippen LogP contribution in [0.4, 0.5) is 10.1 Å². The molecule has 1 aliphatic carbocycles. The molecule has 1 heterocycles. The number of halogens is 1. The molecule has 112 valence electrons. The van der Waals surface area contributed by atoms with Gasteiger partial charge in [0.15, 0.2) is 6.29 Å². The van der Waals surface area contributed by atoms with Crippen LogP contribution in [0, 0.1) is 5.82 Å². The highest BCUT2D eigenvalue weighted by atomic mass is 19.1. The van der Waals surface area contributed by atoms with Crippen molar-refractivity contribution in [2.24, 2.45) is 0 Å². The Morgan fingerprint density at radius 3 is 2.95 bits per heavy atom. The molecule has 0 aromatic heterocycles. The second-order valence-corrected chi connectivity index (χ2v) is 5.39. The number of carbonyl (C=O) groups excluding carboxylic acids is 2. The maximum absolute atomic E-state index is 13.3. The maximum Gasteiger partial charge on any atom is 0.245 e. The largest absolute Gasteiger partial charge is 0.377 e. The summed E-state index contributed by atoms with van der Waals surface area (Å²) in [7, 11) is 0. The summed E-state index contributed by atoms with van der Waals surface area (Å²) >= 11 is 0. The second-order valence-electron chi connectivity index (χ2n) is 5.39. The number of amides is 1. The number of ether oxygens (including phenoxy) is 1. The molecule has 1 atom stereocenters. The average Bonchev–Trinajstić information content (AvgIpc) is 3.31. The van der Waals surface area contributed by atoms with E-state index in [4.69, 9.17) is 4.74 Å². The summed E-state index contributed by atoms with van der Waals surface area (Å²) in [5.74, 6) is -0.563. The monoisotopic (exact) mass is 292 g/mol. The lowest BCUT2D eigenvalue weighted by molar-refractivity contribution is -0.124.